The van der Waals surface area contributed by atoms with Gasteiger partial charge in [0.2, 0.25) is 0 Å². The Morgan fingerprint density at radius 1 is 1.18 bits per heavy atom. The quantitative estimate of drug-likeness (QED) is 0.747. The predicted molar refractivity (Wildman–Crippen MR) is 65.5 cm³/mol. The second-order valence-electron chi connectivity index (χ2n) is 4.72. The maximum absolute atomic E-state index is 5.64. The molecule has 0 saturated carbocycles. The van der Waals surface area contributed by atoms with Crippen LogP contribution < -0.4 is 0 Å². The van der Waals surface area contributed by atoms with Crippen molar-refractivity contribution < 1.29 is 30.5 Å². The van der Waals surface area contributed by atoms with Crippen LogP contribution in [0.15, 0.2) is 26.4 Å². The van der Waals surface area contributed by atoms with E-state index < -0.39 is 0 Å². The number of aliphatic imine (C=N–C) groups is 1. The molecular formula is C13H20NNbO2. The van der Waals surface area contributed by atoms with Gasteiger partial charge in [-0.3, -0.25) is 0 Å². The molecule has 1 rings (SSSR count). The second-order valence-corrected chi connectivity index (χ2v) is 5.82. The third kappa shape index (κ3) is 4.02. The van der Waals surface area contributed by atoms with Gasteiger partial charge in [-0.25, -0.2) is 0 Å². The summed E-state index contributed by atoms with van der Waals surface area (Å²) in [4.78, 5) is 4.69. The van der Waals surface area contributed by atoms with Crippen LogP contribution in [0.5, 0.6) is 0 Å². The SMILES string of the molecule is CCOC1=CC(=NC(C)(C)C)[C]([Nb])=C1OCC. The fraction of sp³-hybridized carbons (Fsp3) is 0.615. The van der Waals surface area contributed by atoms with Crippen molar-refractivity contribution in [1.82, 2.24) is 0 Å². The summed E-state index contributed by atoms with van der Waals surface area (Å²) in [7, 11) is 0. The van der Waals surface area contributed by atoms with Gasteiger partial charge >= 0.3 is 116 Å². The van der Waals surface area contributed by atoms with E-state index in [4.69, 9.17) is 9.47 Å². The van der Waals surface area contributed by atoms with Crippen molar-refractivity contribution in [3.63, 3.8) is 0 Å². The van der Waals surface area contributed by atoms with E-state index in [0.29, 0.717) is 13.2 Å². The van der Waals surface area contributed by atoms with Crippen LogP contribution in [0.25, 0.3) is 0 Å². The topological polar surface area (TPSA) is 30.8 Å². The molecule has 0 aromatic carbocycles. The Bertz CT molecular complexity index is 375. The van der Waals surface area contributed by atoms with Crippen molar-refractivity contribution >= 4 is 5.71 Å². The molecule has 94 valence electrons. The van der Waals surface area contributed by atoms with Gasteiger partial charge in [0, 0.05) is 0 Å². The molecule has 0 radical (unpaired) electrons. The summed E-state index contributed by atoms with van der Waals surface area (Å²) >= 11 is 1.63. The number of allylic oxidation sites excluding steroid dienone is 2. The first kappa shape index (κ1) is 14.6. The van der Waals surface area contributed by atoms with Crippen LogP contribution in [-0.4, -0.2) is 24.5 Å². The van der Waals surface area contributed by atoms with Crippen LogP contribution in [0.3, 0.4) is 0 Å². The molecular weight excluding hydrogens is 295 g/mol. The van der Waals surface area contributed by atoms with E-state index in [1.807, 2.05) is 19.9 Å². The molecule has 0 spiro atoms. The minimum absolute atomic E-state index is 0.0832. The predicted octanol–water partition coefficient (Wildman–Crippen LogP) is 2.95. The zero-order chi connectivity index (χ0) is 13.1. The first-order chi connectivity index (χ1) is 7.89. The molecule has 0 heterocycles. The monoisotopic (exact) mass is 315 g/mol. The van der Waals surface area contributed by atoms with E-state index in [0.717, 1.165) is 21.0 Å². The van der Waals surface area contributed by atoms with E-state index in [-0.39, 0.29) is 5.54 Å². The Morgan fingerprint density at radius 2 is 1.76 bits per heavy atom. The molecule has 1 aliphatic carbocycles. The first-order valence-corrected chi connectivity index (χ1v) is 7.00. The number of hydrogen-bond donors (Lipinski definition) is 0. The number of rotatable bonds is 4. The van der Waals surface area contributed by atoms with Crippen LogP contribution in [-0.2, 0) is 30.5 Å². The summed E-state index contributed by atoms with van der Waals surface area (Å²) in [5.74, 6) is 1.67. The normalized spacial score (nSPS) is 18.6. The zero-order valence-electron chi connectivity index (χ0n) is 11.2. The summed E-state index contributed by atoms with van der Waals surface area (Å²) < 4.78 is 12.3. The summed E-state index contributed by atoms with van der Waals surface area (Å²) in [5.41, 5.74) is 0.901. The van der Waals surface area contributed by atoms with Gasteiger partial charge in [-0.15, -0.1) is 0 Å². The molecule has 0 aliphatic heterocycles. The van der Waals surface area contributed by atoms with E-state index in [9.17, 15) is 0 Å². The molecule has 4 heteroatoms. The second kappa shape index (κ2) is 5.89. The van der Waals surface area contributed by atoms with Crippen LogP contribution in [0.2, 0.25) is 0 Å². The van der Waals surface area contributed by atoms with Crippen molar-refractivity contribution in [1.29, 1.82) is 0 Å². The van der Waals surface area contributed by atoms with Gasteiger partial charge in [0.1, 0.15) is 0 Å². The Balaban J connectivity index is 3.08. The van der Waals surface area contributed by atoms with Gasteiger partial charge in [0.15, 0.2) is 0 Å². The summed E-state index contributed by atoms with van der Waals surface area (Å²) in [6.45, 7) is 11.5. The van der Waals surface area contributed by atoms with E-state index in [1.54, 1.807) is 21.1 Å². The molecule has 0 bridgehead atoms. The van der Waals surface area contributed by atoms with Crippen molar-refractivity contribution in [2.24, 2.45) is 4.99 Å². The fourth-order valence-electron chi connectivity index (χ4n) is 1.48. The number of nitrogens with zero attached hydrogens (tertiary/aromatic N) is 1. The van der Waals surface area contributed by atoms with Gasteiger partial charge in [-0.2, -0.15) is 0 Å². The molecule has 0 unspecified atom stereocenters. The minimum atomic E-state index is -0.0832. The standard InChI is InChI=1S/C13H20NO2.Nb/c1-6-15-11-8-10(14-13(3,4)5)9-12(11)16-7-2;/h8H,6-7H2,1-5H3;. The van der Waals surface area contributed by atoms with Gasteiger partial charge in [0.25, 0.3) is 0 Å². The van der Waals surface area contributed by atoms with E-state index >= 15 is 0 Å². The van der Waals surface area contributed by atoms with Crippen molar-refractivity contribution in [3.05, 3.63) is 21.4 Å². The van der Waals surface area contributed by atoms with E-state index in [1.165, 1.54) is 0 Å². The van der Waals surface area contributed by atoms with Crippen LogP contribution in [0, 0.1) is 0 Å². The summed E-state index contributed by atoms with van der Waals surface area (Å²) in [5, 5.41) is 0. The Labute approximate surface area is 116 Å². The van der Waals surface area contributed by atoms with Gasteiger partial charge in [-0.05, 0) is 0 Å². The Hall–Kier alpha value is -0.510. The molecule has 0 aromatic heterocycles. The molecule has 0 N–H and O–H groups in total. The van der Waals surface area contributed by atoms with Gasteiger partial charge in [0.05, 0.1) is 0 Å². The van der Waals surface area contributed by atoms with Gasteiger partial charge in [-0.1, -0.05) is 0 Å². The fourth-order valence-corrected chi connectivity index (χ4v) is 2.20. The first-order valence-electron chi connectivity index (χ1n) is 5.90. The third-order valence-corrected chi connectivity index (χ3v) is 3.06. The summed E-state index contributed by atoms with van der Waals surface area (Å²) in [6.07, 6.45) is 1.98. The third-order valence-electron chi connectivity index (χ3n) is 1.99. The Kier molecular flexibility index (Phi) is 5.05. The summed E-state index contributed by atoms with van der Waals surface area (Å²) in [6, 6.07) is 0. The molecule has 0 fully saturated rings. The zero-order valence-corrected chi connectivity index (χ0v) is 13.4. The van der Waals surface area contributed by atoms with Crippen LogP contribution in [0.4, 0.5) is 0 Å². The molecule has 0 saturated heterocycles. The average molecular weight is 315 g/mol. The van der Waals surface area contributed by atoms with E-state index in [2.05, 4.69) is 25.8 Å². The van der Waals surface area contributed by atoms with Crippen molar-refractivity contribution in [2.75, 3.05) is 13.2 Å². The molecule has 3 nitrogen and oxygen atoms in total. The van der Waals surface area contributed by atoms with Crippen LogP contribution >= 0.6 is 0 Å². The molecule has 1 aliphatic rings. The number of ether oxygens (including phenoxy) is 2. The van der Waals surface area contributed by atoms with Crippen LogP contribution in [0.1, 0.15) is 34.6 Å². The van der Waals surface area contributed by atoms with Crippen molar-refractivity contribution in [3.8, 4) is 0 Å². The molecule has 17 heavy (non-hydrogen) atoms. The molecule has 0 amide bonds. The average Bonchev–Trinajstić information content (AvgIpc) is 2.45. The maximum atomic E-state index is 5.64. The van der Waals surface area contributed by atoms with Crippen molar-refractivity contribution in [2.45, 2.75) is 40.2 Å². The number of hydrogen-bond acceptors (Lipinski definition) is 3. The molecule has 0 aromatic rings. The van der Waals surface area contributed by atoms with Gasteiger partial charge < -0.3 is 0 Å². The Morgan fingerprint density at radius 3 is 2.24 bits per heavy atom. The molecule has 0 atom stereocenters.